The molecule has 1 N–H and O–H groups in total. The van der Waals surface area contributed by atoms with Crippen molar-refractivity contribution >= 4 is 5.91 Å². The van der Waals surface area contributed by atoms with E-state index in [0.717, 1.165) is 68.6 Å². The summed E-state index contributed by atoms with van der Waals surface area (Å²) in [5.74, 6) is 0.163. The molecule has 1 fully saturated rings. The van der Waals surface area contributed by atoms with Crippen LogP contribution in [0.3, 0.4) is 0 Å². The van der Waals surface area contributed by atoms with Crippen LogP contribution in [0.25, 0.3) is 0 Å². The fraction of sp³-hybridized carbons (Fsp3) is 0.640. The molecule has 30 heavy (non-hydrogen) atoms. The molecule has 2 aliphatic rings. The van der Waals surface area contributed by atoms with Crippen molar-refractivity contribution in [3.63, 3.8) is 0 Å². The van der Waals surface area contributed by atoms with Crippen LogP contribution in [-0.2, 0) is 4.79 Å². The summed E-state index contributed by atoms with van der Waals surface area (Å²) in [6.45, 7) is 12.8. The van der Waals surface area contributed by atoms with Gasteiger partial charge in [-0.15, -0.1) is 0 Å². The number of carbonyl (C=O) groups is 1. The van der Waals surface area contributed by atoms with Gasteiger partial charge in [-0.25, -0.2) is 8.78 Å². The highest BCUT2D eigenvalue weighted by Gasteiger charge is 2.39. The number of rotatable bonds is 8. The molecule has 1 heterocycles. The third-order valence-electron chi connectivity index (χ3n) is 7.04. The molecule has 0 saturated carbocycles. The Morgan fingerprint density at radius 2 is 1.87 bits per heavy atom. The molecule has 1 amide bonds. The Hall–Kier alpha value is -1.91. The molecular weight excluding hydrogens is 382 g/mol. The smallest absolute Gasteiger partial charge is 0.252 e. The van der Waals surface area contributed by atoms with Crippen LogP contribution < -0.4 is 5.32 Å². The monoisotopic (exact) mass is 420 g/mol. The minimum absolute atomic E-state index is 0.0381. The third-order valence-corrected chi connectivity index (χ3v) is 7.04. The molecular formula is C25H38F2N2O. The maximum Gasteiger partial charge on any atom is 0.252 e. The molecule has 5 heteroatoms. The van der Waals surface area contributed by atoms with Crippen LogP contribution in [0, 0.1) is 5.41 Å². The maximum absolute atomic E-state index is 14.9. The lowest BCUT2D eigenvalue weighted by Crippen LogP contribution is -2.44. The normalized spacial score (nSPS) is 20.7. The van der Waals surface area contributed by atoms with Gasteiger partial charge in [0.05, 0.1) is 0 Å². The first-order valence-corrected chi connectivity index (χ1v) is 11.4. The van der Waals surface area contributed by atoms with Crippen molar-refractivity contribution in [2.24, 2.45) is 5.41 Å². The van der Waals surface area contributed by atoms with E-state index in [2.05, 4.69) is 23.7 Å². The Morgan fingerprint density at radius 1 is 1.23 bits per heavy atom. The fourth-order valence-corrected chi connectivity index (χ4v) is 4.89. The lowest BCUT2D eigenvalue weighted by atomic mass is 9.68. The molecule has 0 unspecified atom stereocenters. The van der Waals surface area contributed by atoms with Gasteiger partial charge in [0.25, 0.3) is 5.91 Å². The van der Waals surface area contributed by atoms with Crippen LogP contribution in [0.15, 0.2) is 46.6 Å². The zero-order chi connectivity index (χ0) is 22.3. The lowest BCUT2D eigenvalue weighted by Gasteiger charge is -2.44. The third kappa shape index (κ3) is 5.41. The molecule has 1 aliphatic heterocycles. The van der Waals surface area contributed by atoms with Crippen molar-refractivity contribution < 1.29 is 13.6 Å². The van der Waals surface area contributed by atoms with Gasteiger partial charge in [-0.1, -0.05) is 31.6 Å². The lowest BCUT2D eigenvalue weighted by molar-refractivity contribution is -0.117. The van der Waals surface area contributed by atoms with E-state index >= 15 is 0 Å². The van der Waals surface area contributed by atoms with Crippen molar-refractivity contribution in [2.75, 3.05) is 19.8 Å². The van der Waals surface area contributed by atoms with Crippen LogP contribution in [0.4, 0.5) is 8.78 Å². The summed E-state index contributed by atoms with van der Waals surface area (Å²) in [5.41, 5.74) is 3.43. The number of carbonyl (C=O) groups excluding carboxylic acids is 1. The highest BCUT2D eigenvalue weighted by molar-refractivity contribution is 5.95. The minimum Gasteiger partial charge on any atom is -0.359 e. The summed E-state index contributed by atoms with van der Waals surface area (Å²) >= 11 is 0. The van der Waals surface area contributed by atoms with Gasteiger partial charge in [0.2, 0.25) is 0 Å². The molecule has 1 aliphatic carbocycles. The number of likely N-dealkylation sites (tertiary alicyclic amines) is 1. The van der Waals surface area contributed by atoms with Crippen molar-refractivity contribution in [3.05, 3.63) is 46.6 Å². The van der Waals surface area contributed by atoms with Gasteiger partial charge < -0.3 is 10.2 Å². The predicted octanol–water partition coefficient (Wildman–Crippen LogP) is 6.51. The molecule has 0 aromatic carbocycles. The molecule has 0 radical (unpaired) electrons. The Morgan fingerprint density at radius 3 is 2.40 bits per heavy atom. The largest absolute Gasteiger partial charge is 0.359 e. The van der Waals surface area contributed by atoms with Crippen LogP contribution in [0.2, 0.25) is 0 Å². The molecule has 0 atom stereocenters. The first kappa shape index (κ1) is 24.4. The Balaban J connectivity index is 2.11. The van der Waals surface area contributed by atoms with Crippen LogP contribution >= 0.6 is 0 Å². The van der Waals surface area contributed by atoms with Crippen molar-refractivity contribution in [1.82, 2.24) is 10.2 Å². The number of nitrogens with zero attached hydrogens (tertiary/aromatic N) is 1. The summed E-state index contributed by atoms with van der Waals surface area (Å²) < 4.78 is 27.7. The second-order valence-electron chi connectivity index (χ2n) is 8.70. The van der Waals surface area contributed by atoms with Gasteiger partial charge in [-0.05, 0) is 76.9 Å². The number of hydrogen-bond donors (Lipinski definition) is 1. The molecule has 168 valence electrons. The van der Waals surface area contributed by atoms with E-state index in [0.29, 0.717) is 24.5 Å². The van der Waals surface area contributed by atoms with Crippen molar-refractivity contribution in [3.8, 4) is 0 Å². The molecule has 0 aromatic heterocycles. The zero-order valence-electron chi connectivity index (χ0n) is 19.2. The quantitative estimate of drug-likeness (QED) is 0.454. The van der Waals surface area contributed by atoms with Gasteiger partial charge >= 0.3 is 0 Å². The Labute approximate surface area is 181 Å². The van der Waals surface area contributed by atoms with Gasteiger partial charge in [0.1, 0.15) is 18.3 Å². The second kappa shape index (κ2) is 10.9. The van der Waals surface area contributed by atoms with Gasteiger partial charge in [0, 0.05) is 24.1 Å². The van der Waals surface area contributed by atoms with E-state index in [-0.39, 0.29) is 11.3 Å². The maximum atomic E-state index is 14.9. The number of piperidine rings is 1. The summed E-state index contributed by atoms with van der Waals surface area (Å²) in [6.07, 6.45) is 8.11. The number of halogens is 2. The number of alkyl halides is 1. The summed E-state index contributed by atoms with van der Waals surface area (Å²) in [7, 11) is 0. The predicted molar refractivity (Wildman–Crippen MR) is 120 cm³/mol. The van der Waals surface area contributed by atoms with E-state index in [1.54, 1.807) is 0 Å². The molecule has 2 rings (SSSR count). The van der Waals surface area contributed by atoms with Gasteiger partial charge in [0.15, 0.2) is 0 Å². The van der Waals surface area contributed by atoms with Gasteiger partial charge in [-0.3, -0.25) is 4.79 Å². The molecule has 3 nitrogen and oxygen atoms in total. The topological polar surface area (TPSA) is 32.3 Å². The average molecular weight is 421 g/mol. The van der Waals surface area contributed by atoms with E-state index in [9.17, 15) is 13.6 Å². The Bertz CT molecular complexity index is 740. The van der Waals surface area contributed by atoms with E-state index in [4.69, 9.17) is 0 Å². The first-order chi connectivity index (χ1) is 14.3. The standard InChI is InChI=1S/C25H38F2N2O/c1-6-18(3)23(22(27)12-15-26)25(7-2)13-16-29(17-14-25)20(5)28-24(30)21-11-9-8-10-19(21)4/h12H,5-11,13-17H2,1-4H3,(H,28,30)/b22-12+,23-18+. The van der Waals surface area contributed by atoms with Crippen LogP contribution in [0.5, 0.6) is 0 Å². The van der Waals surface area contributed by atoms with Crippen LogP contribution in [0.1, 0.15) is 79.1 Å². The molecule has 0 spiro atoms. The average Bonchev–Trinajstić information content (AvgIpc) is 2.74. The fourth-order valence-electron chi connectivity index (χ4n) is 4.89. The summed E-state index contributed by atoms with van der Waals surface area (Å²) in [5, 5.41) is 2.99. The zero-order valence-corrected chi connectivity index (χ0v) is 19.2. The van der Waals surface area contributed by atoms with Gasteiger partial charge in [-0.2, -0.15) is 0 Å². The molecule has 1 saturated heterocycles. The van der Waals surface area contributed by atoms with E-state index in [1.165, 1.54) is 5.57 Å². The number of hydrogen-bond acceptors (Lipinski definition) is 2. The van der Waals surface area contributed by atoms with E-state index in [1.807, 2.05) is 20.8 Å². The number of amides is 1. The van der Waals surface area contributed by atoms with E-state index < -0.39 is 12.5 Å². The highest BCUT2D eigenvalue weighted by Crippen LogP contribution is 2.47. The molecule has 0 aromatic rings. The summed E-state index contributed by atoms with van der Waals surface area (Å²) in [4.78, 5) is 14.8. The SMILES string of the molecule is C=C(NC(=O)C1=C(C)CCCC1)N1CCC(CC)(C(=C(\C)CC)/C(F)=C\CF)CC1. The minimum atomic E-state index is -0.795. The van der Waals surface area contributed by atoms with Crippen molar-refractivity contribution in [1.29, 1.82) is 0 Å². The summed E-state index contributed by atoms with van der Waals surface area (Å²) in [6, 6.07) is 0. The Kier molecular flexibility index (Phi) is 8.87. The second-order valence-corrected chi connectivity index (χ2v) is 8.70. The van der Waals surface area contributed by atoms with Crippen LogP contribution in [-0.4, -0.2) is 30.6 Å². The van der Waals surface area contributed by atoms with Crippen molar-refractivity contribution in [2.45, 2.75) is 79.1 Å². The number of nitrogens with one attached hydrogen (secondary N) is 1. The molecule has 0 bridgehead atoms. The highest BCUT2D eigenvalue weighted by atomic mass is 19.1. The number of allylic oxidation sites excluding steroid dienone is 5. The first-order valence-electron chi connectivity index (χ1n) is 11.4.